The summed E-state index contributed by atoms with van der Waals surface area (Å²) >= 11 is 0. The van der Waals surface area contributed by atoms with Crippen LogP contribution in [-0.2, 0) is 9.59 Å². The van der Waals surface area contributed by atoms with E-state index < -0.39 is 0 Å². The predicted octanol–water partition coefficient (Wildman–Crippen LogP) is 0.279. The Morgan fingerprint density at radius 2 is 2.50 bits per heavy atom. The van der Waals surface area contributed by atoms with Crippen LogP contribution in [0.4, 0.5) is 5.82 Å². The molecule has 0 unspecified atom stereocenters. The zero-order valence-electron chi connectivity index (χ0n) is 9.12. The molecule has 1 fully saturated rings. The van der Waals surface area contributed by atoms with Crippen LogP contribution in [0.25, 0.3) is 0 Å². The second-order valence-corrected chi connectivity index (χ2v) is 3.90. The number of amides is 2. The van der Waals surface area contributed by atoms with Gasteiger partial charge in [-0.05, 0) is 13.3 Å². The minimum atomic E-state index is -0.192. The molecular weight excluding hydrogens is 208 g/mol. The fourth-order valence-corrected chi connectivity index (χ4v) is 1.70. The molecule has 1 aliphatic heterocycles. The number of hydrogen-bond donors (Lipinski definition) is 2. The normalized spacial score (nSPS) is 15.6. The zero-order chi connectivity index (χ0) is 11.5. The molecule has 6 heteroatoms. The summed E-state index contributed by atoms with van der Waals surface area (Å²) in [7, 11) is 0. The van der Waals surface area contributed by atoms with Crippen LogP contribution in [0.1, 0.15) is 18.4 Å². The molecule has 2 N–H and O–H groups in total. The van der Waals surface area contributed by atoms with Crippen molar-refractivity contribution >= 4 is 17.6 Å². The van der Waals surface area contributed by atoms with E-state index in [2.05, 4.69) is 15.5 Å². The van der Waals surface area contributed by atoms with Crippen molar-refractivity contribution in [3.05, 3.63) is 11.8 Å². The number of likely N-dealkylation sites (tertiary alicyclic amines) is 1. The standard InChI is InChI=1S/C10H14N4O2/c1-7-5-11-13-10(7)12-8(15)6-14-4-2-3-9(14)16/h5H,2-4,6H2,1H3,(H2,11,12,13,15). The van der Waals surface area contributed by atoms with Crippen molar-refractivity contribution in [1.29, 1.82) is 0 Å². The molecule has 0 aromatic carbocycles. The number of anilines is 1. The molecule has 0 radical (unpaired) electrons. The molecule has 6 nitrogen and oxygen atoms in total. The first-order chi connectivity index (χ1) is 7.66. The van der Waals surface area contributed by atoms with E-state index in [1.165, 1.54) is 0 Å². The summed E-state index contributed by atoms with van der Waals surface area (Å²) in [6, 6.07) is 0. The molecular formula is C10H14N4O2. The van der Waals surface area contributed by atoms with Crippen molar-refractivity contribution < 1.29 is 9.59 Å². The Labute approximate surface area is 93.0 Å². The van der Waals surface area contributed by atoms with Gasteiger partial charge in [-0.3, -0.25) is 14.7 Å². The zero-order valence-corrected chi connectivity index (χ0v) is 9.12. The second kappa shape index (κ2) is 4.34. The quantitative estimate of drug-likeness (QED) is 0.771. The van der Waals surface area contributed by atoms with Gasteiger partial charge in [-0.2, -0.15) is 5.10 Å². The molecule has 0 spiro atoms. The third-order valence-corrected chi connectivity index (χ3v) is 2.60. The van der Waals surface area contributed by atoms with Crippen LogP contribution in [0.2, 0.25) is 0 Å². The Bertz CT molecular complexity index is 413. The van der Waals surface area contributed by atoms with E-state index in [4.69, 9.17) is 0 Å². The molecule has 1 aromatic rings. The lowest BCUT2D eigenvalue weighted by Crippen LogP contribution is -2.34. The molecule has 86 valence electrons. The van der Waals surface area contributed by atoms with Crippen LogP contribution < -0.4 is 5.32 Å². The lowest BCUT2D eigenvalue weighted by atomic mass is 10.3. The first kappa shape index (κ1) is 10.7. The minimum Gasteiger partial charge on any atom is -0.333 e. The molecule has 2 heterocycles. The van der Waals surface area contributed by atoms with Crippen LogP contribution in [0, 0.1) is 6.92 Å². The topological polar surface area (TPSA) is 78.1 Å². The van der Waals surface area contributed by atoms with Gasteiger partial charge in [-0.25, -0.2) is 0 Å². The molecule has 1 saturated heterocycles. The highest BCUT2D eigenvalue weighted by Gasteiger charge is 2.22. The van der Waals surface area contributed by atoms with E-state index in [-0.39, 0.29) is 18.4 Å². The summed E-state index contributed by atoms with van der Waals surface area (Å²) in [6.45, 7) is 2.64. The summed E-state index contributed by atoms with van der Waals surface area (Å²) in [6.07, 6.45) is 3.03. The van der Waals surface area contributed by atoms with Gasteiger partial charge in [0.2, 0.25) is 11.8 Å². The molecule has 2 amide bonds. The number of carbonyl (C=O) groups is 2. The molecule has 0 aliphatic carbocycles. The van der Waals surface area contributed by atoms with Gasteiger partial charge in [0.05, 0.1) is 12.7 Å². The van der Waals surface area contributed by atoms with Gasteiger partial charge in [0.25, 0.3) is 0 Å². The van der Waals surface area contributed by atoms with Gasteiger partial charge >= 0.3 is 0 Å². The Balaban J connectivity index is 1.89. The van der Waals surface area contributed by atoms with Crippen molar-refractivity contribution in [3.63, 3.8) is 0 Å². The van der Waals surface area contributed by atoms with Gasteiger partial charge in [0, 0.05) is 18.5 Å². The van der Waals surface area contributed by atoms with Crippen LogP contribution in [0.3, 0.4) is 0 Å². The summed E-state index contributed by atoms with van der Waals surface area (Å²) in [4.78, 5) is 24.5. The maximum Gasteiger partial charge on any atom is 0.245 e. The minimum absolute atomic E-state index is 0.0523. The van der Waals surface area contributed by atoms with E-state index >= 15 is 0 Å². The number of nitrogens with one attached hydrogen (secondary N) is 2. The maximum atomic E-state index is 11.6. The third kappa shape index (κ3) is 2.21. The first-order valence-corrected chi connectivity index (χ1v) is 5.24. The second-order valence-electron chi connectivity index (χ2n) is 3.90. The monoisotopic (exact) mass is 222 g/mol. The van der Waals surface area contributed by atoms with Gasteiger partial charge in [0.15, 0.2) is 0 Å². The van der Waals surface area contributed by atoms with Gasteiger partial charge in [-0.15, -0.1) is 0 Å². The predicted molar refractivity (Wildman–Crippen MR) is 57.8 cm³/mol. The van der Waals surface area contributed by atoms with E-state index in [1.54, 1.807) is 11.1 Å². The summed E-state index contributed by atoms with van der Waals surface area (Å²) in [5.74, 6) is 0.454. The number of aryl methyl sites for hydroxylation is 1. The Kier molecular flexibility index (Phi) is 2.89. The van der Waals surface area contributed by atoms with Crippen molar-refractivity contribution in [2.75, 3.05) is 18.4 Å². The highest BCUT2D eigenvalue weighted by atomic mass is 16.2. The molecule has 2 rings (SSSR count). The lowest BCUT2D eigenvalue weighted by molar-refractivity contribution is -0.131. The van der Waals surface area contributed by atoms with Crippen LogP contribution >= 0.6 is 0 Å². The fourth-order valence-electron chi connectivity index (χ4n) is 1.70. The Morgan fingerprint density at radius 3 is 3.06 bits per heavy atom. The SMILES string of the molecule is Cc1cn[nH]c1NC(=O)CN1CCCC1=O. The Hall–Kier alpha value is -1.85. The third-order valence-electron chi connectivity index (χ3n) is 2.60. The Morgan fingerprint density at radius 1 is 1.69 bits per heavy atom. The largest absolute Gasteiger partial charge is 0.333 e. The van der Waals surface area contributed by atoms with E-state index in [1.807, 2.05) is 6.92 Å². The van der Waals surface area contributed by atoms with E-state index in [0.29, 0.717) is 18.8 Å². The lowest BCUT2D eigenvalue weighted by Gasteiger charge is -2.14. The van der Waals surface area contributed by atoms with E-state index in [9.17, 15) is 9.59 Å². The van der Waals surface area contributed by atoms with Crippen molar-refractivity contribution in [2.24, 2.45) is 0 Å². The number of nitrogens with zero attached hydrogens (tertiary/aromatic N) is 2. The summed E-state index contributed by atoms with van der Waals surface area (Å²) in [5, 5.41) is 9.18. The number of aromatic amines is 1. The molecule has 0 bridgehead atoms. The first-order valence-electron chi connectivity index (χ1n) is 5.24. The molecule has 1 aromatic heterocycles. The van der Waals surface area contributed by atoms with Crippen molar-refractivity contribution in [2.45, 2.75) is 19.8 Å². The van der Waals surface area contributed by atoms with Gasteiger partial charge < -0.3 is 10.2 Å². The van der Waals surface area contributed by atoms with Crippen molar-refractivity contribution in [1.82, 2.24) is 15.1 Å². The average molecular weight is 222 g/mol. The number of carbonyl (C=O) groups excluding carboxylic acids is 2. The smallest absolute Gasteiger partial charge is 0.245 e. The summed E-state index contributed by atoms with van der Waals surface area (Å²) < 4.78 is 0. The molecule has 0 saturated carbocycles. The van der Waals surface area contributed by atoms with Crippen LogP contribution in [0.15, 0.2) is 6.20 Å². The number of H-pyrrole nitrogens is 1. The van der Waals surface area contributed by atoms with Crippen molar-refractivity contribution in [3.8, 4) is 0 Å². The fraction of sp³-hybridized carbons (Fsp3) is 0.500. The average Bonchev–Trinajstić information content (AvgIpc) is 2.79. The molecule has 16 heavy (non-hydrogen) atoms. The van der Waals surface area contributed by atoms with Gasteiger partial charge in [-0.1, -0.05) is 0 Å². The molecule has 1 aliphatic rings. The van der Waals surface area contributed by atoms with E-state index in [0.717, 1.165) is 12.0 Å². The van der Waals surface area contributed by atoms with Crippen LogP contribution in [-0.4, -0.2) is 40.0 Å². The highest BCUT2D eigenvalue weighted by molar-refractivity contribution is 5.94. The molecule has 0 atom stereocenters. The number of aromatic nitrogens is 2. The van der Waals surface area contributed by atoms with Crippen LogP contribution in [0.5, 0.6) is 0 Å². The van der Waals surface area contributed by atoms with Gasteiger partial charge in [0.1, 0.15) is 5.82 Å². The number of rotatable bonds is 3. The summed E-state index contributed by atoms with van der Waals surface area (Å²) in [5.41, 5.74) is 0.876. The maximum absolute atomic E-state index is 11.6. The highest BCUT2D eigenvalue weighted by Crippen LogP contribution is 2.11. The number of hydrogen-bond acceptors (Lipinski definition) is 3.